The summed E-state index contributed by atoms with van der Waals surface area (Å²) in [4.78, 5) is 28.1. The number of nitrogens with zero attached hydrogens (tertiary/aromatic N) is 2. The molecule has 2 N–H and O–H groups in total. The Bertz CT molecular complexity index is 810. The molecule has 2 amide bonds. The van der Waals surface area contributed by atoms with E-state index in [9.17, 15) is 9.59 Å². The zero-order valence-electron chi connectivity index (χ0n) is 12.8. The molecule has 24 heavy (non-hydrogen) atoms. The van der Waals surface area contributed by atoms with E-state index >= 15 is 0 Å². The first kappa shape index (κ1) is 15.5. The fourth-order valence-electron chi connectivity index (χ4n) is 2.16. The molecule has 2 heterocycles. The Morgan fingerprint density at radius 1 is 1.17 bits per heavy atom. The molecule has 0 unspecified atom stereocenters. The topological polar surface area (TPSA) is 89.2 Å². The Hall–Kier alpha value is -3.35. The van der Waals surface area contributed by atoms with E-state index in [-0.39, 0.29) is 17.6 Å². The maximum Gasteiger partial charge on any atom is 0.291 e. The van der Waals surface area contributed by atoms with Crippen LogP contribution in [0.1, 0.15) is 20.9 Å². The molecule has 0 aliphatic heterocycles. The molecule has 3 aromatic rings. The van der Waals surface area contributed by atoms with Crippen LogP contribution in [-0.2, 0) is 6.54 Å². The lowest BCUT2D eigenvalue weighted by Crippen LogP contribution is -2.27. The van der Waals surface area contributed by atoms with Crippen LogP contribution >= 0.6 is 0 Å². The van der Waals surface area contributed by atoms with Crippen molar-refractivity contribution < 1.29 is 14.0 Å². The van der Waals surface area contributed by atoms with Crippen molar-refractivity contribution in [2.75, 3.05) is 11.9 Å². The van der Waals surface area contributed by atoms with E-state index in [0.29, 0.717) is 24.3 Å². The van der Waals surface area contributed by atoms with Gasteiger partial charge in [0.1, 0.15) is 0 Å². The van der Waals surface area contributed by atoms with Gasteiger partial charge in [-0.25, -0.2) is 4.98 Å². The number of nitrogens with one attached hydrogen (secondary N) is 2. The van der Waals surface area contributed by atoms with Crippen LogP contribution in [0.3, 0.4) is 0 Å². The van der Waals surface area contributed by atoms with Crippen LogP contribution in [-0.4, -0.2) is 27.9 Å². The number of rotatable bonds is 6. The molecule has 0 aliphatic carbocycles. The van der Waals surface area contributed by atoms with Gasteiger partial charge in [-0.3, -0.25) is 9.59 Å². The highest BCUT2D eigenvalue weighted by Gasteiger charge is 2.10. The van der Waals surface area contributed by atoms with E-state index in [1.807, 2.05) is 10.8 Å². The Labute approximate surface area is 138 Å². The van der Waals surface area contributed by atoms with Crippen molar-refractivity contribution in [1.82, 2.24) is 14.9 Å². The molecule has 2 aromatic heterocycles. The number of aromatic nitrogens is 2. The number of amides is 2. The number of imidazole rings is 1. The second kappa shape index (κ2) is 7.28. The summed E-state index contributed by atoms with van der Waals surface area (Å²) in [7, 11) is 0. The molecular weight excluding hydrogens is 308 g/mol. The number of hydrogen-bond acceptors (Lipinski definition) is 4. The summed E-state index contributed by atoms with van der Waals surface area (Å²) >= 11 is 0. The minimum absolute atomic E-state index is 0.204. The van der Waals surface area contributed by atoms with Crippen LogP contribution in [0.25, 0.3) is 0 Å². The molecule has 0 saturated carbocycles. The maximum atomic E-state index is 12.2. The van der Waals surface area contributed by atoms with E-state index in [4.69, 9.17) is 4.42 Å². The van der Waals surface area contributed by atoms with E-state index < -0.39 is 0 Å². The zero-order chi connectivity index (χ0) is 16.8. The quantitative estimate of drug-likeness (QED) is 0.727. The fourth-order valence-corrected chi connectivity index (χ4v) is 2.16. The number of carbonyl (C=O) groups is 2. The van der Waals surface area contributed by atoms with Crippen molar-refractivity contribution in [3.63, 3.8) is 0 Å². The number of carbonyl (C=O) groups excluding carboxylic acids is 2. The normalized spacial score (nSPS) is 10.3. The van der Waals surface area contributed by atoms with Crippen LogP contribution < -0.4 is 10.6 Å². The predicted octanol–water partition coefficient (Wildman–Crippen LogP) is 2.16. The minimum atomic E-state index is -0.363. The lowest BCUT2D eigenvalue weighted by atomic mass is 10.2. The van der Waals surface area contributed by atoms with Gasteiger partial charge in [0.2, 0.25) is 0 Å². The van der Waals surface area contributed by atoms with Gasteiger partial charge in [-0.05, 0) is 30.3 Å². The average molecular weight is 324 g/mol. The number of hydrogen-bond donors (Lipinski definition) is 2. The Balaban J connectivity index is 1.57. The molecule has 0 atom stereocenters. The first-order valence-corrected chi connectivity index (χ1v) is 7.41. The third-order valence-electron chi connectivity index (χ3n) is 3.34. The fraction of sp³-hybridized carbons (Fsp3) is 0.118. The second-order valence-corrected chi connectivity index (χ2v) is 5.07. The van der Waals surface area contributed by atoms with Crippen molar-refractivity contribution >= 4 is 17.5 Å². The van der Waals surface area contributed by atoms with Crippen LogP contribution in [0.15, 0.2) is 65.8 Å². The van der Waals surface area contributed by atoms with Gasteiger partial charge in [0, 0.05) is 36.7 Å². The molecule has 0 aliphatic rings. The SMILES string of the molecule is O=C(NCCn1ccnc1)c1cccc(NC(=O)c2ccco2)c1. The second-order valence-electron chi connectivity index (χ2n) is 5.07. The average Bonchev–Trinajstić information content (AvgIpc) is 3.29. The molecule has 7 heteroatoms. The Morgan fingerprint density at radius 2 is 2.08 bits per heavy atom. The van der Waals surface area contributed by atoms with E-state index in [1.165, 1.54) is 6.26 Å². The minimum Gasteiger partial charge on any atom is -0.459 e. The third kappa shape index (κ3) is 3.89. The first-order chi connectivity index (χ1) is 11.7. The van der Waals surface area contributed by atoms with Crippen molar-refractivity contribution in [3.05, 3.63) is 72.7 Å². The van der Waals surface area contributed by atoms with Gasteiger partial charge in [0.25, 0.3) is 11.8 Å². The monoisotopic (exact) mass is 324 g/mol. The molecule has 1 aromatic carbocycles. The molecule has 0 fully saturated rings. The largest absolute Gasteiger partial charge is 0.459 e. The van der Waals surface area contributed by atoms with Gasteiger partial charge in [-0.2, -0.15) is 0 Å². The molecule has 3 rings (SSSR count). The van der Waals surface area contributed by atoms with Crippen molar-refractivity contribution in [2.45, 2.75) is 6.54 Å². The van der Waals surface area contributed by atoms with Crippen molar-refractivity contribution in [3.8, 4) is 0 Å². The molecule has 0 saturated heterocycles. The Morgan fingerprint density at radius 3 is 2.83 bits per heavy atom. The van der Waals surface area contributed by atoms with Crippen LogP contribution in [0, 0.1) is 0 Å². The summed E-state index contributed by atoms with van der Waals surface area (Å²) < 4.78 is 6.91. The summed E-state index contributed by atoms with van der Waals surface area (Å²) in [5.74, 6) is -0.355. The molecule has 0 radical (unpaired) electrons. The van der Waals surface area contributed by atoms with E-state index in [1.54, 1.807) is 48.9 Å². The summed E-state index contributed by atoms with van der Waals surface area (Å²) in [6, 6.07) is 9.94. The summed E-state index contributed by atoms with van der Waals surface area (Å²) in [5.41, 5.74) is 0.997. The Kier molecular flexibility index (Phi) is 4.71. The van der Waals surface area contributed by atoms with Crippen LogP contribution in [0.2, 0.25) is 0 Å². The number of anilines is 1. The van der Waals surface area contributed by atoms with E-state index in [0.717, 1.165) is 0 Å². The molecule has 122 valence electrons. The number of furan rings is 1. The van der Waals surface area contributed by atoms with Gasteiger partial charge < -0.3 is 19.6 Å². The highest BCUT2D eigenvalue weighted by Crippen LogP contribution is 2.12. The van der Waals surface area contributed by atoms with Gasteiger partial charge in [0.05, 0.1) is 12.6 Å². The van der Waals surface area contributed by atoms with Gasteiger partial charge in [0.15, 0.2) is 5.76 Å². The first-order valence-electron chi connectivity index (χ1n) is 7.41. The lowest BCUT2D eigenvalue weighted by molar-refractivity contribution is 0.0950. The number of benzene rings is 1. The van der Waals surface area contributed by atoms with Gasteiger partial charge in [-0.15, -0.1) is 0 Å². The standard InChI is InChI=1S/C17H16N4O3/c22-16(19-7-9-21-8-6-18-12-21)13-3-1-4-14(11-13)20-17(23)15-5-2-10-24-15/h1-6,8,10-12H,7,9H2,(H,19,22)(H,20,23). The van der Waals surface area contributed by atoms with Crippen LogP contribution in [0.5, 0.6) is 0 Å². The van der Waals surface area contributed by atoms with Gasteiger partial charge >= 0.3 is 0 Å². The summed E-state index contributed by atoms with van der Waals surface area (Å²) in [6.07, 6.45) is 6.64. The molecule has 0 bridgehead atoms. The smallest absolute Gasteiger partial charge is 0.291 e. The molecule has 7 nitrogen and oxygen atoms in total. The predicted molar refractivity (Wildman–Crippen MR) is 87.7 cm³/mol. The highest BCUT2D eigenvalue weighted by molar-refractivity contribution is 6.03. The molecule has 0 spiro atoms. The summed E-state index contributed by atoms with van der Waals surface area (Å²) in [5, 5.41) is 5.52. The summed E-state index contributed by atoms with van der Waals surface area (Å²) in [6.45, 7) is 1.12. The van der Waals surface area contributed by atoms with Crippen LogP contribution in [0.4, 0.5) is 5.69 Å². The molecular formula is C17H16N4O3. The van der Waals surface area contributed by atoms with Gasteiger partial charge in [-0.1, -0.05) is 6.07 Å². The van der Waals surface area contributed by atoms with Crippen molar-refractivity contribution in [1.29, 1.82) is 0 Å². The highest BCUT2D eigenvalue weighted by atomic mass is 16.3. The third-order valence-corrected chi connectivity index (χ3v) is 3.34. The van der Waals surface area contributed by atoms with Crippen molar-refractivity contribution in [2.24, 2.45) is 0 Å². The van der Waals surface area contributed by atoms with E-state index in [2.05, 4.69) is 15.6 Å². The maximum absolute atomic E-state index is 12.2. The zero-order valence-corrected chi connectivity index (χ0v) is 12.8. The lowest BCUT2D eigenvalue weighted by Gasteiger charge is -2.08.